The lowest BCUT2D eigenvalue weighted by Gasteiger charge is -2.05. The lowest BCUT2D eigenvalue weighted by atomic mass is 10.2. The normalized spacial score (nSPS) is 29.0. The molecule has 3 nitrogen and oxygen atoms in total. The molecule has 1 aliphatic heterocycles. The number of carbonyl (C=O) groups excluding carboxylic acids is 2. The molecule has 0 amide bonds. The Balaban J connectivity index is 2.53. The van der Waals surface area contributed by atoms with Gasteiger partial charge in [0.25, 0.3) is 0 Å². The monoisotopic (exact) mass is 208 g/mol. The second kappa shape index (κ2) is 4.14. The zero-order chi connectivity index (χ0) is 9.14. The lowest BCUT2D eigenvalue weighted by Crippen LogP contribution is -2.28. The van der Waals surface area contributed by atoms with Gasteiger partial charge in [-0.05, 0) is 6.92 Å². The summed E-state index contributed by atoms with van der Waals surface area (Å²) in [5, 5.41) is -1.21. The number of Topliss-reactive ketones (excluding diaryl/α,β-unsaturated/α-hetero) is 1. The van der Waals surface area contributed by atoms with Crippen molar-refractivity contribution in [3.8, 4) is 0 Å². The maximum absolute atomic E-state index is 11.2. The number of carbonyl (C=O) groups is 2. The third-order valence-electron chi connectivity index (χ3n) is 1.48. The molecule has 1 rings (SSSR count). The van der Waals surface area contributed by atoms with Crippen LogP contribution in [0.2, 0.25) is 0 Å². The molecule has 1 saturated heterocycles. The summed E-state index contributed by atoms with van der Waals surface area (Å²) in [6.07, 6.45) is 0. The van der Waals surface area contributed by atoms with Crippen LogP contribution in [0.4, 0.5) is 0 Å². The minimum Gasteiger partial charge on any atom is -0.465 e. The minimum atomic E-state index is -0.688. The van der Waals surface area contributed by atoms with Crippen LogP contribution in [0.25, 0.3) is 0 Å². The molecule has 2 unspecified atom stereocenters. The van der Waals surface area contributed by atoms with Crippen molar-refractivity contribution in [3.63, 3.8) is 0 Å². The van der Waals surface area contributed by atoms with E-state index in [2.05, 4.69) is 0 Å². The predicted molar refractivity (Wildman–Crippen MR) is 47.5 cm³/mol. The number of thioether (sulfide) groups is 1. The van der Waals surface area contributed by atoms with Gasteiger partial charge in [0.15, 0.2) is 11.0 Å². The number of ketones is 1. The Bertz CT molecular complexity index is 207. The molecule has 68 valence electrons. The van der Waals surface area contributed by atoms with Crippen LogP contribution in [0.15, 0.2) is 0 Å². The summed E-state index contributed by atoms with van der Waals surface area (Å²) in [5.74, 6) is -0.181. The molecule has 0 spiro atoms. The van der Waals surface area contributed by atoms with Gasteiger partial charge in [0.2, 0.25) is 0 Å². The van der Waals surface area contributed by atoms with Crippen molar-refractivity contribution in [2.75, 3.05) is 12.4 Å². The molecule has 0 aromatic carbocycles. The molecule has 0 radical (unpaired) electrons. The first-order valence-electron chi connectivity index (χ1n) is 3.63. The van der Waals surface area contributed by atoms with E-state index in [4.69, 9.17) is 16.3 Å². The van der Waals surface area contributed by atoms with E-state index in [0.717, 1.165) is 0 Å². The number of esters is 1. The minimum absolute atomic E-state index is 0.222. The molecular weight excluding hydrogens is 200 g/mol. The van der Waals surface area contributed by atoms with Crippen LogP contribution in [-0.2, 0) is 14.3 Å². The zero-order valence-electron chi connectivity index (χ0n) is 6.58. The van der Waals surface area contributed by atoms with E-state index >= 15 is 0 Å². The molecular formula is C7H9ClO3S. The fourth-order valence-corrected chi connectivity index (χ4v) is 2.39. The molecule has 0 aromatic heterocycles. The van der Waals surface area contributed by atoms with E-state index in [-0.39, 0.29) is 5.78 Å². The van der Waals surface area contributed by atoms with E-state index < -0.39 is 16.6 Å². The highest BCUT2D eigenvalue weighted by molar-refractivity contribution is 8.02. The number of ether oxygens (including phenoxy) is 1. The Morgan fingerprint density at radius 2 is 2.50 bits per heavy atom. The van der Waals surface area contributed by atoms with Gasteiger partial charge in [0.1, 0.15) is 5.38 Å². The Kier molecular flexibility index (Phi) is 3.40. The summed E-state index contributed by atoms with van der Waals surface area (Å²) in [4.78, 5) is 22.2. The molecule has 12 heavy (non-hydrogen) atoms. The highest BCUT2D eigenvalue weighted by Crippen LogP contribution is 2.27. The van der Waals surface area contributed by atoms with Crippen molar-refractivity contribution in [1.29, 1.82) is 0 Å². The number of halogens is 1. The number of hydrogen-bond donors (Lipinski definition) is 0. The second-order valence-corrected chi connectivity index (χ2v) is 4.00. The second-order valence-electron chi connectivity index (χ2n) is 2.34. The quantitative estimate of drug-likeness (QED) is 0.383. The molecule has 2 atom stereocenters. The number of rotatable bonds is 2. The SMILES string of the molecule is CCOC(=O)C1SCC(Cl)C1=O. The van der Waals surface area contributed by atoms with E-state index in [1.807, 2.05) is 0 Å². The van der Waals surface area contributed by atoms with Crippen molar-refractivity contribution in [2.24, 2.45) is 0 Å². The van der Waals surface area contributed by atoms with Gasteiger partial charge >= 0.3 is 5.97 Å². The van der Waals surface area contributed by atoms with Crippen molar-refractivity contribution >= 4 is 35.1 Å². The third kappa shape index (κ3) is 1.93. The van der Waals surface area contributed by atoms with Gasteiger partial charge in [-0.25, -0.2) is 0 Å². The Morgan fingerprint density at radius 3 is 2.92 bits per heavy atom. The maximum atomic E-state index is 11.2. The summed E-state index contributed by atoms with van der Waals surface area (Å²) < 4.78 is 4.71. The van der Waals surface area contributed by atoms with Crippen molar-refractivity contribution < 1.29 is 14.3 Å². The van der Waals surface area contributed by atoms with Gasteiger partial charge in [-0.1, -0.05) is 0 Å². The van der Waals surface area contributed by atoms with Crippen LogP contribution in [-0.4, -0.2) is 34.7 Å². The molecule has 0 aliphatic carbocycles. The van der Waals surface area contributed by atoms with Crippen LogP contribution >= 0.6 is 23.4 Å². The van der Waals surface area contributed by atoms with Crippen molar-refractivity contribution in [3.05, 3.63) is 0 Å². The number of alkyl halides is 1. The topological polar surface area (TPSA) is 43.4 Å². The summed E-state index contributed by atoms with van der Waals surface area (Å²) in [7, 11) is 0. The lowest BCUT2D eigenvalue weighted by molar-refractivity contribution is -0.144. The first-order chi connectivity index (χ1) is 5.66. The fraction of sp³-hybridized carbons (Fsp3) is 0.714. The van der Waals surface area contributed by atoms with Crippen LogP contribution < -0.4 is 0 Å². The van der Waals surface area contributed by atoms with Gasteiger partial charge in [0.05, 0.1) is 6.61 Å². The molecule has 0 bridgehead atoms. The van der Waals surface area contributed by atoms with Gasteiger partial charge in [-0.2, -0.15) is 0 Å². The van der Waals surface area contributed by atoms with E-state index in [1.54, 1.807) is 6.92 Å². The Labute approximate surface area is 79.8 Å². The van der Waals surface area contributed by atoms with Gasteiger partial charge in [-0.3, -0.25) is 9.59 Å². The van der Waals surface area contributed by atoms with Gasteiger partial charge < -0.3 is 4.74 Å². The maximum Gasteiger partial charge on any atom is 0.326 e. The number of hydrogen-bond acceptors (Lipinski definition) is 4. The highest BCUT2D eigenvalue weighted by Gasteiger charge is 2.39. The standard InChI is InChI=1S/C7H9ClO3S/c1-2-11-7(10)6-5(9)4(8)3-12-6/h4,6H,2-3H2,1H3. The van der Waals surface area contributed by atoms with Crippen LogP contribution in [0.3, 0.4) is 0 Å². The molecule has 0 saturated carbocycles. The zero-order valence-corrected chi connectivity index (χ0v) is 8.15. The van der Waals surface area contributed by atoms with Gasteiger partial charge in [0, 0.05) is 5.75 Å². The smallest absolute Gasteiger partial charge is 0.326 e. The molecule has 0 N–H and O–H groups in total. The van der Waals surface area contributed by atoms with E-state index in [9.17, 15) is 9.59 Å². The van der Waals surface area contributed by atoms with Crippen LogP contribution in [0, 0.1) is 0 Å². The molecule has 0 aromatic rings. The summed E-state index contributed by atoms with van der Waals surface area (Å²) in [5.41, 5.74) is 0. The largest absolute Gasteiger partial charge is 0.465 e. The average Bonchev–Trinajstić information content (AvgIpc) is 2.34. The van der Waals surface area contributed by atoms with E-state index in [0.29, 0.717) is 12.4 Å². The Hall–Kier alpha value is -0.220. The highest BCUT2D eigenvalue weighted by atomic mass is 35.5. The summed E-state index contributed by atoms with van der Waals surface area (Å²) in [6.45, 7) is 2.01. The first kappa shape index (κ1) is 9.86. The molecule has 1 aliphatic rings. The van der Waals surface area contributed by atoms with Crippen LogP contribution in [0.5, 0.6) is 0 Å². The Morgan fingerprint density at radius 1 is 1.83 bits per heavy atom. The summed E-state index contributed by atoms with van der Waals surface area (Å²) >= 11 is 6.87. The van der Waals surface area contributed by atoms with Gasteiger partial charge in [-0.15, -0.1) is 23.4 Å². The van der Waals surface area contributed by atoms with Crippen molar-refractivity contribution in [2.45, 2.75) is 17.6 Å². The molecule has 1 heterocycles. The van der Waals surface area contributed by atoms with E-state index in [1.165, 1.54) is 11.8 Å². The van der Waals surface area contributed by atoms with Crippen LogP contribution in [0.1, 0.15) is 6.92 Å². The third-order valence-corrected chi connectivity index (χ3v) is 3.31. The average molecular weight is 209 g/mol. The first-order valence-corrected chi connectivity index (χ1v) is 5.11. The van der Waals surface area contributed by atoms with Crippen molar-refractivity contribution in [1.82, 2.24) is 0 Å². The predicted octanol–water partition coefficient (Wildman–Crippen LogP) is 0.841. The molecule has 1 fully saturated rings. The summed E-state index contributed by atoms with van der Waals surface area (Å²) in [6, 6.07) is 0. The molecule has 5 heteroatoms. The fourth-order valence-electron chi connectivity index (χ4n) is 0.911.